The second-order valence-electron chi connectivity index (χ2n) is 5.08. The Morgan fingerprint density at radius 2 is 1.88 bits per heavy atom. The molecule has 1 rings (SSSR count). The number of hydrogen-bond acceptors (Lipinski definition) is 1. The van der Waals surface area contributed by atoms with Crippen LogP contribution >= 0.6 is 0 Å². The van der Waals surface area contributed by atoms with Crippen LogP contribution in [0.15, 0.2) is 0 Å². The molecular formula is C16H28O. The summed E-state index contributed by atoms with van der Waals surface area (Å²) in [5.41, 5.74) is 0. The van der Waals surface area contributed by atoms with Crippen molar-refractivity contribution in [3.8, 4) is 11.8 Å². The largest absolute Gasteiger partial charge is 0.377 e. The molecule has 0 bridgehead atoms. The van der Waals surface area contributed by atoms with Gasteiger partial charge in [-0.1, -0.05) is 45.5 Å². The van der Waals surface area contributed by atoms with Crippen molar-refractivity contribution < 1.29 is 4.74 Å². The molecular weight excluding hydrogens is 208 g/mol. The standard InChI is InChI=1S/C16H28O/c1-3-5-6-8-11-15-12-9-7-10-13-16(15)17-14-4-2/h15-16H,3-7,9-10,12-14H2,1-2H3/t15-,16+/m1/s1. The summed E-state index contributed by atoms with van der Waals surface area (Å²) in [4.78, 5) is 0. The zero-order valence-electron chi connectivity index (χ0n) is 11.6. The van der Waals surface area contributed by atoms with E-state index in [1.54, 1.807) is 0 Å². The Bertz CT molecular complexity index is 236. The minimum atomic E-state index is 0.409. The van der Waals surface area contributed by atoms with Crippen LogP contribution in [-0.4, -0.2) is 12.7 Å². The maximum absolute atomic E-state index is 5.98. The lowest BCUT2D eigenvalue weighted by atomic mass is 9.97. The van der Waals surface area contributed by atoms with Gasteiger partial charge in [0.1, 0.15) is 0 Å². The first-order valence-electron chi connectivity index (χ1n) is 7.48. The SMILES string of the molecule is CCCCC#C[C@@H]1CCCCC[C@@H]1OCCC. The Morgan fingerprint density at radius 3 is 2.65 bits per heavy atom. The molecule has 1 heteroatoms. The number of unbranched alkanes of at least 4 members (excludes halogenated alkanes) is 2. The van der Waals surface area contributed by atoms with Crippen LogP contribution in [0.2, 0.25) is 0 Å². The minimum Gasteiger partial charge on any atom is -0.377 e. The van der Waals surface area contributed by atoms with Gasteiger partial charge in [-0.25, -0.2) is 0 Å². The van der Waals surface area contributed by atoms with Crippen LogP contribution in [0.25, 0.3) is 0 Å². The molecule has 0 aromatic rings. The third-order valence-electron chi connectivity index (χ3n) is 3.43. The molecule has 0 amide bonds. The van der Waals surface area contributed by atoms with E-state index in [0.29, 0.717) is 12.0 Å². The summed E-state index contributed by atoms with van der Waals surface area (Å²) >= 11 is 0. The first kappa shape index (κ1) is 14.6. The van der Waals surface area contributed by atoms with Crippen molar-refractivity contribution in [2.75, 3.05) is 6.61 Å². The fraction of sp³-hybridized carbons (Fsp3) is 0.875. The Kier molecular flexibility index (Phi) is 8.18. The van der Waals surface area contributed by atoms with Gasteiger partial charge in [-0.05, 0) is 25.7 Å². The Morgan fingerprint density at radius 1 is 1.06 bits per heavy atom. The fourth-order valence-electron chi connectivity index (χ4n) is 2.38. The summed E-state index contributed by atoms with van der Waals surface area (Å²) in [7, 11) is 0. The molecule has 1 fully saturated rings. The van der Waals surface area contributed by atoms with Crippen LogP contribution in [0.4, 0.5) is 0 Å². The van der Waals surface area contributed by atoms with Crippen LogP contribution in [-0.2, 0) is 4.74 Å². The maximum Gasteiger partial charge on any atom is 0.0712 e. The quantitative estimate of drug-likeness (QED) is 0.386. The smallest absolute Gasteiger partial charge is 0.0712 e. The average molecular weight is 236 g/mol. The molecule has 1 aliphatic carbocycles. The van der Waals surface area contributed by atoms with Gasteiger partial charge in [0.25, 0.3) is 0 Å². The van der Waals surface area contributed by atoms with Gasteiger partial charge in [0, 0.05) is 18.9 Å². The molecule has 0 aromatic heterocycles. The summed E-state index contributed by atoms with van der Waals surface area (Å²) in [5.74, 6) is 7.34. The molecule has 1 saturated carbocycles. The maximum atomic E-state index is 5.98. The van der Waals surface area contributed by atoms with Crippen molar-refractivity contribution in [2.45, 2.75) is 77.7 Å². The Labute approximate surface area is 107 Å². The van der Waals surface area contributed by atoms with Gasteiger partial charge in [-0.2, -0.15) is 0 Å². The second-order valence-corrected chi connectivity index (χ2v) is 5.08. The van der Waals surface area contributed by atoms with Gasteiger partial charge in [-0.3, -0.25) is 0 Å². The normalized spacial score (nSPS) is 24.8. The first-order valence-corrected chi connectivity index (χ1v) is 7.48. The zero-order valence-corrected chi connectivity index (χ0v) is 11.6. The van der Waals surface area contributed by atoms with E-state index in [1.807, 2.05) is 0 Å². The van der Waals surface area contributed by atoms with E-state index in [0.717, 1.165) is 19.4 Å². The highest BCUT2D eigenvalue weighted by Gasteiger charge is 2.22. The molecule has 2 atom stereocenters. The van der Waals surface area contributed by atoms with Crippen molar-refractivity contribution in [3.05, 3.63) is 0 Å². The number of ether oxygens (including phenoxy) is 1. The molecule has 98 valence electrons. The molecule has 0 aromatic carbocycles. The molecule has 0 saturated heterocycles. The third kappa shape index (κ3) is 6.13. The van der Waals surface area contributed by atoms with E-state index in [-0.39, 0.29) is 0 Å². The predicted molar refractivity (Wildman–Crippen MR) is 73.9 cm³/mol. The number of hydrogen-bond donors (Lipinski definition) is 0. The lowest BCUT2D eigenvalue weighted by molar-refractivity contribution is 0.0241. The van der Waals surface area contributed by atoms with Crippen molar-refractivity contribution in [3.63, 3.8) is 0 Å². The summed E-state index contributed by atoms with van der Waals surface area (Å²) in [6.45, 7) is 5.30. The molecule has 0 unspecified atom stereocenters. The highest BCUT2D eigenvalue weighted by atomic mass is 16.5. The molecule has 17 heavy (non-hydrogen) atoms. The van der Waals surface area contributed by atoms with Crippen LogP contribution < -0.4 is 0 Å². The van der Waals surface area contributed by atoms with Gasteiger partial charge < -0.3 is 4.74 Å². The van der Waals surface area contributed by atoms with Gasteiger partial charge >= 0.3 is 0 Å². The number of rotatable bonds is 5. The highest BCUT2D eigenvalue weighted by Crippen LogP contribution is 2.25. The first-order chi connectivity index (χ1) is 8.38. The Hall–Kier alpha value is -0.480. The van der Waals surface area contributed by atoms with E-state index in [2.05, 4.69) is 25.7 Å². The van der Waals surface area contributed by atoms with E-state index in [9.17, 15) is 0 Å². The lowest BCUT2D eigenvalue weighted by Gasteiger charge is -2.21. The van der Waals surface area contributed by atoms with Gasteiger partial charge in [-0.15, -0.1) is 5.92 Å². The molecule has 0 heterocycles. The van der Waals surface area contributed by atoms with Gasteiger partial charge in [0.2, 0.25) is 0 Å². The molecule has 0 N–H and O–H groups in total. The van der Waals surface area contributed by atoms with Gasteiger partial charge in [0.05, 0.1) is 6.10 Å². The van der Waals surface area contributed by atoms with Crippen molar-refractivity contribution in [1.29, 1.82) is 0 Å². The topological polar surface area (TPSA) is 9.23 Å². The van der Waals surface area contributed by atoms with Crippen LogP contribution in [0.1, 0.15) is 71.6 Å². The van der Waals surface area contributed by atoms with Crippen LogP contribution in [0, 0.1) is 17.8 Å². The lowest BCUT2D eigenvalue weighted by Crippen LogP contribution is -2.22. The Balaban J connectivity index is 2.45. The molecule has 1 aliphatic rings. The van der Waals surface area contributed by atoms with E-state index in [1.165, 1.54) is 44.9 Å². The van der Waals surface area contributed by atoms with E-state index >= 15 is 0 Å². The third-order valence-corrected chi connectivity index (χ3v) is 3.43. The summed E-state index contributed by atoms with van der Waals surface area (Å²) in [6, 6.07) is 0. The molecule has 0 aliphatic heterocycles. The van der Waals surface area contributed by atoms with Crippen LogP contribution in [0.5, 0.6) is 0 Å². The summed E-state index contributed by atoms with van der Waals surface area (Å²) < 4.78 is 5.98. The molecule has 1 nitrogen and oxygen atoms in total. The van der Waals surface area contributed by atoms with Gasteiger partial charge in [0.15, 0.2) is 0 Å². The van der Waals surface area contributed by atoms with Crippen molar-refractivity contribution >= 4 is 0 Å². The molecule has 0 spiro atoms. The second kappa shape index (κ2) is 9.54. The van der Waals surface area contributed by atoms with E-state index < -0.39 is 0 Å². The van der Waals surface area contributed by atoms with Crippen molar-refractivity contribution in [2.24, 2.45) is 5.92 Å². The fourth-order valence-corrected chi connectivity index (χ4v) is 2.38. The monoisotopic (exact) mass is 236 g/mol. The van der Waals surface area contributed by atoms with E-state index in [4.69, 9.17) is 4.74 Å². The summed E-state index contributed by atoms with van der Waals surface area (Å²) in [5, 5.41) is 0. The van der Waals surface area contributed by atoms with Crippen LogP contribution in [0.3, 0.4) is 0 Å². The average Bonchev–Trinajstić information content (AvgIpc) is 2.57. The highest BCUT2D eigenvalue weighted by molar-refractivity contribution is 5.06. The minimum absolute atomic E-state index is 0.409. The zero-order chi connectivity index (χ0) is 12.3. The predicted octanol–water partition coefficient (Wildman–Crippen LogP) is 4.56. The summed E-state index contributed by atoms with van der Waals surface area (Å²) in [6.07, 6.45) is 11.5. The molecule has 0 radical (unpaired) electrons. The van der Waals surface area contributed by atoms with Crippen molar-refractivity contribution in [1.82, 2.24) is 0 Å².